The van der Waals surface area contributed by atoms with E-state index in [4.69, 9.17) is 11.6 Å². The topological polar surface area (TPSA) is 49.3 Å². The maximum atomic E-state index is 12.7. The van der Waals surface area contributed by atoms with Crippen molar-refractivity contribution in [2.24, 2.45) is 0 Å². The summed E-state index contributed by atoms with van der Waals surface area (Å²) in [6.07, 6.45) is 1.02. The van der Waals surface area contributed by atoms with Gasteiger partial charge in [-0.05, 0) is 36.2 Å². The van der Waals surface area contributed by atoms with Crippen LogP contribution in [0.3, 0.4) is 0 Å². The number of aromatic nitrogens is 2. The van der Waals surface area contributed by atoms with Gasteiger partial charge in [-0.15, -0.1) is 10.2 Å². The average molecular weight is 407 g/mol. The average Bonchev–Trinajstić information content (AvgIpc) is 2.79. The number of carbonyl (C=O) groups excluding carboxylic acids is 1. The van der Waals surface area contributed by atoms with E-state index >= 15 is 0 Å². The highest BCUT2D eigenvalue weighted by molar-refractivity contribution is 6.33. The van der Waals surface area contributed by atoms with Crippen molar-refractivity contribution in [3.63, 3.8) is 0 Å². The van der Waals surface area contributed by atoms with Crippen LogP contribution in [0.2, 0.25) is 5.02 Å². The lowest BCUT2D eigenvalue weighted by Crippen LogP contribution is -2.49. The van der Waals surface area contributed by atoms with E-state index in [-0.39, 0.29) is 5.91 Å². The molecular formula is C23H23ClN4O. The van der Waals surface area contributed by atoms with Crippen molar-refractivity contribution in [2.45, 2.75) is 13.3 Å². The lowest BCUT2D eigenvalue weighted by Gasteiger charge is -2.35. The minimum Gasteiger partial charge on any atom is -0.352 e. The van der Waals surface area contributed by atoms with E-state index in [1.807, 2.05) is 29.2 Å². The Morgan fingerprint density at radius 1 is 0.931 bits per heavy atom. The number of hydrogen-bond donors (Lipinski definition) is 0. The van der Waals surface area contributed by atoms with Gasteiger partial charge in [0.2, 0.25) is 0 Å². The summed E-state index contributed by atoms with van der Waals surface area (Å²) in [5, 5.41) is 9.31. The molecule has 0 saturated carbocycles. The first-order chi connectivity index (χ1) is 14.2. The Morgan fingerprint density at radius 3 is 2.28 bits per heavy atom. The summed E-state index contributed by atoms with van der Waals surface area (Å²) in [7, 11) is 0. The van der Waals surface area contributed by atoms with E-state index in [1.54, 1.807) is 12.1 Å². The summed E-state index contributed by atoms with van der Waals surface area (Å²) in [5.74, 6) is 0.816. The summed E-state index contributed by atoms with van der Waals surface area (Å²) >= 11 is 6.17. The van der Waals surface area contributed by atoms with E-state index < -0.39 is 0 Å². The van der Waals surface area contributed by atoms with Gasteiger partial charge in [-0.3, -0.25) is 4.79 Å². The number of hydrogen-bond acceptors (Lipinski definition) is 4. The Morgan fingerprint density at radius 2 is 1.66 bits per heavy atom. The number of piperazine rings is 1. The fourth-order valence-electron chi connectivity index (χ4n) is 3.50. The summed E-state index contributed by atoms with van der Waals surface area (Å²) in [4.78, 5) is 16.7. The Bertz CT molecular complexity index is 981. The molecule has 1 aliphatic heterocycles. The number of carbonyl (C=O) groups is 1. The number of anilines is 1. The molecule has 148 valence electrons. The fourth-order valence-corrected chi connectivity index (χ4v) is 3.72. The molecule has 0 bridgehead atoms. The highest BCUT2D eigenvalue weighted by Gasteiger charge is 2.24. The van der Waals surface area contributed by atoms with Crippen molar-refractivity contribution >= 4 is 23.3 Å². The first-order valence-corrected chi connectivity index (χ1v) is 10.3. The third-order valence-electron chi connectivity index (χ3n) is 5.30. The quantitative estimate of drug-likeness (QED) is 0.647. The third kappa shape index (κ3) is 4.25. The van der Waals surface area contributed by atoms with Crippen LogP contribution in [0.4, 0.5) is 5.82 Å². The van der Waals surface area contributed by atoms with Gasteiger partial charge in [0.05, 0.1) is 16.3 Å². The molecule has 6 heteroatoms. The fraction of sp³-hybridized carbons (Fsp3) is 0.261. The Balaban J connectivity index is 1.39. The highest BCUT2D eigenvalue weighted by Crippen LogP contribution is 2.22. The molecule has 0 radical (unpaired) electrons. The molecule has 3 aromatic rings. The molecule has 2 heterocycles. The molecule has 0 atom stereocenters. The van der Waals surface area contributed by atoms with Crippen LogP contribution in [0.1, 0.15) is 22.8 Å². The summed E-state index contributed by atoms with van der Waals surface area (Å²) in [6, 6.07) is 19.6. The molecule has 1 aliphatic rings. The molecular weight excluding hydrogens is 384 g/mol. The van der Waals surface area contributed by atoms with Crippen LogP contribution in [0.15, 0.2) is 60.7 Å². The largest absolute Gasteiger partial charge is 0.352 e. The van der Waals surface area contributed by atoms with Gasteiger partial charge in [0.1, 0.15) is 0 Å². The van der Waals surface area contributed by atoms with Crippen LogP contribution < -0.4 is 4.90 Å². The molecule has 1 amide bonds. The molecule has 0 N–H and O–H groups in total. The summed E-state index contributed by atoms with van der Waals surface area (Å²) in [6.45, 7) is 4.84. The SMILES string of the molecule is CCc1ccc(-c2ccc(N3CCN(C(=O)c4ccccc4Cl)CC3)nn2)cc1. The zero-order chi connectivity index (χ0) is 20.2. The van der Waals surface area contributed by atoms with Crippen LogP contribution in [0, 0.1) is 0 Å². The van der Waals surface area contributed by atoms with Gasteiger partial charge < -0.3 is 9.80 Å². The van der Waals surface area contributed by atoms with E-state index in [2.05, 4.69) is 46.3 Å². The molecule has 4 rings (SSSR count). The molecule has 0 unspecified atom stereocenters. The molecule has 29 heavy (non-hydrogen) atoms. The van der Waals surface area contributed by atoms with Gasteiger partial charge in [0.25, 0.3) is 5.91 Å². The molecule has 0 aliphatic carbocycles. The highest BCUT2D eigenvalue weighted by atomic mass is 35.5. The predicted octanol–water partition coefficient (Wildman–Crippen LogP) is 4.32. The first-order valence-electron chi connectivity index (χ1n) is 9.87. The second-order valence-corrected chi connectivity index (χ2v) is 7.49. The zero-order valence-electron chi connectivity index (χ0n) is 16.4. The van der Waals surface area contributed by atoms with Crippen LogP contribution in [-0.4, -0.2) is 47.2 Å². The normalized spacial score (nSPS) is 14.1. The Labute approximate surface area is 175 Å². The Kier molecular flexibility index (Phi) is 5.76. The Hall–Kier alpha value is -2.92. The second-order valence-electron chi connectivity index (χ2n) is 7.09. The lowest BCUT2D eigenvalue weighted by atomic mass is 10.1. The second kappa shape index (κ2) is 8.62. The van der Waals surface area contributed by atoms with Crippen LogP contribution in [0.5, 0.6) is 0 Å². The van der Waals surface area contributed by atoms with Crippen molar-refractivity contribution in [1.29, 1.82) is 0 Å². The van der Waals surface area contributed by atoms with Gasteiger partial charge in [0, 0.05) is 31.7 Å². The molecule has 2 aromatic carbocycles. The number of halogens is 1. The number of benzene rings is 2. The molecule has 1 fully saturated rings. The van der Waals surface area contributed by atoms with Crippen LogP contribution in [0.25, 0.3) is 11.3 Å². The maximum Gasteiger partial charge on any atom is 0.255 e. The first kappa shape index (κ1) is 19.4. The molecule has 0 spiro atoms. The summed E-state index contributed by atoms with van der Waals surface area (Å²) in [5.41, 5.74) is 3.80. The third-order valence-corrected chi connectivity index (χ3v) is 5.63. The van der Waals surface area contributed by atoms with E-state index in [9.17, 15) is 4.79 Å². The molecule has 1 aromatic heterocycles. The van der Waals surface area contributed by atoms with Crippen LogP contribution >= 0.6 is 11.6 Å². The van der Waals surface area contributed by atoms with Gasteiger partial charge in [-0.25, -0.2) is 0 Å². The molecule has 5 nitrogen and oxygen atoms in total. The van der Waals surface area contributed by atoms with Crippen molar-refractivity contribution in [3.8, 4) is 11.3 Å². The molecule has 1 saturated heterocycles. The van der Waals surface area contributed by atoms with Gasteiger partial charge in [-0.2, -0.15) is 0 Å². The summed E-state index contributed by atoms with van der Waals surface area (Å²) < 4.78 is 0. The van der Waals surface area contributed by atoms with Crippen molar-refractivity contribution in [2.75, 3.05) is 31.1 Å². The van der Waals surface area contributed by atoms with Crippen molar-refractivity contribution in [1.82, 2.24) is 15.1 Å². The minimum absolute atomic E-state index is 0.0211. The van der Waals surface area contributed by atoms with E-state index in [0.717, 1.165) is 36.6 Å². The maximum absolute atomic E-state index is 12.7. The standard InChI is InChI=1S/C23H23ClN4O/c1-2-17-7-9-18(10-8-17)21-11-12-22(26-25-21)27-13-15-28(16-14-27)23(29)19-5-3-4-6-20(19)24/h3-12H,2,13-16H2,1H3. The number of rotatable bonds is 4. The van der Waals surface area contributed by atoms with Crippen LogP contribution in [-0.2, 0) is 6.42 Å². The lowest BCUT2D eigenvalue weighted by molar-refractivity contribution is 0.0746. The predicted molar refractivity (Wildman–Crippen MR) is 116 cm³/mol. The zero-order valence-corrected chi connectivity index (χ0v) is 17.1. The van der Waals surface area contributed by atoms with E-state index in [1.165, 1.54) is 5.56 Å². The number of aryl methyl sites for hydroxylation is 1. The van der Waals surface area contributed by atoms with Gasteiger partial charge in [0.15, 0.2) is 5.82 Å². The van der Waals surface area contributed by atoms with E-state index in [0.29, 0.717) is 23.7 Å². The minimum atomic E-state index is -0.0211. The number of amides is 1. The number of nitrogens with zero attached hydrogens (tertiary/aromatic N) is 4. The van der Waals surface area contributed by atoms with Crippen molar-refractivity contribution in [3.05, 3.63) is 76.8 Å². The van der Waals surface area contributed by atoms with Gasteiger partial charge >= 0.3 is 0 Å². The smallest absolute Gasteiger partial charge is 0.255 e. The van der Waals surface area contributed by atoms with Crippen molar-refractivity contribution < 1.29 is 4.79 Å². The van der Waals surface area contributed by atoms with Gasteiger partial charge in [-0.1, -0.05) is 54.9 Å². The monoisotopic (exact) mass is 406 g/mol.